The van der Waals surface area contributed by atoms with E-state index in [1.165, 1.54) is 38.6 Å². The van der Waals surface area contributed by atoms with E-state index in [0.717, 1.165) is 5.92 Å². The molecule has 13 heavy (non-hydrogen) atoms. The lowest BCUT2D eigenvalue weighted by Crippen LogP contribution is -2.36. The highest BCUT2D eigenvalue weighted by atomic mass is 32.2. The van der Waals surface area contributed by atoms with Gasteiger partial charge in [-0.05, 0) is 24.2 Å². The highest BCUT2D eigenvalue weighted by Gasteiger charge is 2.20. The van der Waals surface area contributed by atoms with Gasteiger partial charge in [-0.3, -0.25) is 0 Å². The Morgan fingerprint density at radius 1 is 1.31 bits per heavy atom. The van der Waals surface area contributed by atoms with Gasteiger partial charge in [0.25, 0.3) is 0 Å². The Balaban J connectivity index is 1.79. The Labute approximate surface area is 84.5 Å². The normalized spacial score (nSPS) is 29.9. The van der Waals surface area contributed by atoms with Crippen molar-refractivity contribution >= 4 is 11.8 Å². The Morgan fingerprint density at radius 3 is 2.69 bits per heavy atom. The van der Waals surface area contributed by atoms with Crippen molar-refractivity contribution in [2.75, 3.05) is 6.54 Å². The zero-order valence-electron chi connectivity index (χ0n) is 7.98. The molecule has 0 bridgehead atoms. The Hall–Kier alpha value is -0.150. The lowest BCUT2D eigenvalue weighted by Gasteiger charge is -2.29. The van der Waals surface area contributed by atoms with Gasteiger partial charge < -0.3 is 10.6 Å². The molecule has 3 heteroatoms. The largest absolute Gasteiger partial charge is 0.353 e. The van der Waals surface area contributed by atoms with Crippen molar-refractivity contribution < 1.29 is 0 Å². The molecule has 2 rings (SSSR count). The number of rotatable bonds is 2. The molecular formula is C10H18N2S. The zero-order valence-corrected chi connectivity index (χ0v) is 8.80. The molecule has 2 aliphatic rings. The van der Waals surface area contributed by atoms with Crippen molar-refractivity contribution in [1.82, 2.24) is 4.90 Å². The van der Waals surface area contributed by atoms with Crippen molar-refractivity contribution in [2.45, 2.75) is 37.6 Å². The van der Waals surface area contributed by atoms with Crippen LogP contribution in [0.5, 0.6) is 0 Å². The predicted molar refractivity (Wildman–Crippen MR) is 58.0 cm³/mol. The molecule has 1 fully saturated rings. The summed E-state index contributed by atoms with van der Waals surface area (Å²) < 4.78 is 0. The summed E-state index contributed by atoms with van der Waals surface area (Å²) in [5, 5.41) is 2.10. The van der Waals surface area contributed by atoms with E-state index in [-0.39, 0.29) is 5.50 Å². The fraction of sp³-hybridized carbons (Fsp3) is 0.800. The summed E-state index contributed by atoms with van der Waals surface area (Å²) in [6, 6.07) is 0. The minimum Gasteiger partial charge on any atom is -0.353 e. The average Bonchev–Trinajstić information content (AvgIpc) is 2.54. The van der Waals surface area contributed by atoms with Gasteiger partial charge in [-0.2, -0.15) is 0 Å². The minimum atomic E-state index is 0.182. The van der Waals surface area contributed by atoms with Gasteiger partial charge in [0.15, 0.2) is 0 Å². The molecule has 0 amide bonds. The van der Waals surface area contributed by atoms with E-state index in [2.05, 4.69) is 16.5 Å². The summed E-state index contributed by atoms with van der Waals surface area (Å²) in [6.45, 7) is 1.17. The number of hydrogen-bond acceptors (Lipinski definition) is 3. The molecule has 1 saturated carbocycles. The first-order chi connectivity index (χ1) is 6.36. The van der Waals surface area contributed by atoms with Crippen molar-refractivity contribution in [1.29, 1.82) is 0 Å². The summed E-state index contributed by atoms with van der Waals surface area (Å²) in [7, 11) is 0. The van der Waals surface area contributed by atoms with Gasteiger partial charge in [0, 0.05) is 12.7 Å². The molecule has 0 aromatic heterocycles. The zero-order chi connectivity index (χ0) is 9.10. The van der Waals surface area contributed by atoms with Gasteiger partial charge in [0.1, 0.15) is 5.50 Å². The van der Waals surface area contributed by atoms with Crippen LogP contribution in [0.4, 0.5) is 0 Å². The van der Waals surface area contributed by atoms with Gasteiger partial charge in [0.2, 0.25) is 0 Å². The first-order valence-corrected chi connectivity index (χ1v) is 6.14. The minimum absolute atomic E-state index is 0.182. The van der Waals surface area contributed by atoms with E-state index >= 15 is 0 Å². The number of nitrogens with zero attached hydrogens (tertiary/aromatic N) is 1. The number of hydrogen-bond donors (Lipinski definition) is 1. The van der Waals surface area contributed by atoms with E-state index in [4.69, 9.17) is 5.73 Å². The van der Waals surface area contributed by atoms with E-state index in [1.807, 2.05) is 0 Å². The summed E-state index contributed by atoms with van der Waals surface area (Å²) in [6.07, 6.45) is 9.23. The van der Waals surface area contributed by atoms with Crippen molar-refractivity contribution in [3.05, 3.63) is 11.6 Å². The Bertz CT molecular complexity index is 187. The lowest BCUT2D eigenvalue weighted by atomic mass is 9.89. The van der Waals surface area contributed by atoms with Crippen LogP contribution in [0.1, 0.15) is 32.1 Å². The molecule has 1 heterocycles. The van der Waals surface area contributed by atoms with Crippen molar-refractivity contribution in [3.63, 3.8) is 0 Å². The van der Waals surface area contributed by atoms with Crippen LogP contribution in [0.2, 0.25) is 0 Å². The van der Waals surface area contributed by atoms with Crippen LogP contribution in [0.25, 0.3) is 0 Å². The molecular weight excluding hydrogens is 180 g/mol. The second-order valence-electron chi connectivity index (χ2n) is 4.01. The highest BCUT2D eigenvalue weighted by Crippen LogP contribution is 2.28. The van der Waals surface area contributed by atoms with Gasteiger partial charge in [-0.1, -0.05) is 31.0 Å². The standard InChI is InChI=1S/C10H18N2S/c11-10-12(6-7-13-10)8-9-4-2-1-3-5-9/h6-7,9-10H,1-5,8,11H2. The molecule has 0 aromatic carbocycles. The molecule has 74 valence electrons. The van der Waals surface area contributed by atoms with E-state index in [9.17, 15) is 0 Å². The summed E-state index contributed by atoms with van der Waals surface area (Å²) in [5.41, 5.74) is 6.10. The van der Waals surface area contributed by atoms with Crippen LogP contribution in [-0.2, 0) is 0 Å². The first kappa shape index (κ1) is 9.41. The molecule has 0 aromatic rings. The molecule has 1 unspecified atom stereocenters. The predicted octanol–water partition coefficient (Wildman–Crippen LogP) is 2.33. The third-order valence-corrected chi connectivity index (χ3v) is 3.82. The summed E-state index contributed by atoms with van der Waals surface area (Å²) in [4.78, 5) is 2.28. The smallest absolute Gasteiger partial charge is 0.129 e. The van der Waals surface area contributed by atoms with E-state index < -0.39 is 0 Å². The summed E-state index contributed by atoms with van der Waals surface area (Å²) in [5.74, 6) is 0.892. The molecule has 0 spiro atoms. The van der Waals surface area contributed by atoms with Gasteiger partial charge >= 0.3 is 0 Å². The van der Waals surface area contributed by atoms with Gasteiger partial charge in [0.05, 0.1) is 0 Å². The van der Waals surface area contributed by atoms with Crippen LogP contribution in [0.3, 0.4) is 0 Å². The quantitative estimate of drug-likeness (QED) is 0.738. The van der Waals surface area contributed by atoms with Crippen LogP contribution in [0.15, 0.2) is 11.6 Å². The topological polar surface area (TPSA) is 29.3 Å². The number of nitrogens with two attached hydrogens (primary N) is 1. The van der Waals surface area contributed by atoms with Crippen LogP contribution in [-0.4, -0.2) is 16.9 Å². The molecule has 2 nitrogen and oxygen atoms in total. The monoisotopic (exact) mass is 198 g/mol. The van der Waals surface area contributed by atoms with Gasteiger partial charge in [-0.25, -0.2) is 0 Å². The number of thioether (sulfide) groups is 1. The first-order valence-electron chi connectivity index (χ1n) is 5.20. The lowest BCUT2D eigenvalue weighted by molar-refractivity contribution is 0.250. The van der Waals surface area contributed by atoms with Crippen molar-refractivity contribution in [3.8, 4) is 0 Å². The fourth-order valence-electron chi connectivity index (χ4n) is 2.19. The molecule has 0 saturated heterocycles. The highest BCUT2D eigenvalue weighted by molar-refractivity contribution is 8.02. The molecule has 2 N–H and O–H groups in total. The van der Waals surface area contributed by atoms with Crippen LogP contribution in [0, 0.1) is 5.92 Å². The maximum atomic E-state index is 5.92. The van der Waals surface area contributed by atoms with Crippen LogP contribution < -0.4 is 5.73 Å². The second-order valence-corrected chi connectivity index (χ2v) is 5.04. The maximum Gasteiger partial charge on any atom is 0.129 e. The molecule has 1 aliphatic heterocycles. The molecule has 0 radical (unpaired) electrons. The van der Waals surface area contributed by atoms with E-state index in [0.29, 0.717) is 0 Å². The second kappa shape index (κ2) is 4.38. The third kappa shape index (κ3) is 2.41. The Kier molecular flexibility index (Phi) is 3.17. The van der Waals surface area contributed by atoms with Crippen LogP contribution >= 0.6 is 11.8 Å². The van der Waals surface area contributed by atoms with E-state index in [1.54, 1.807) is 11.8 Å². The maximum absolute atomic E-state index is 5.92. The van der Waals surface area contributed by atoms with Crippen molar-refractivity contribution in [2.24, 2.45) is 11.7 Å². The molecule has 1 aliphatic carbocycles. The molecule has 1 atom stereocenters. The Morgan fingerprint density at radius 2 is 2.08 bits per heavy atom. The third-order valence-electron chi connectivity index (χ3n) is 2.99. The summed E-state index contributed by atoms with van der Waals surface area (Å²) >= 11 is 1.72. The SMILES string of the molecule is NC1SC=CN1CC1CCCCC1. The van der Waals surface area contributed by atoms with Gasteiger partial charge in [-0.15, -0.1) is 0 Å². The average molecular weight is 198 g/mol. The fourth-order valence-corrected chi connectivity index (χ4v) is 2.89.